The van der Waals surface area contributed by atoms with E-state index in [0.29, 0.717) is 24.1 Å². The SMILES string of the molecule is Cc1ccc(Cl)c(OCCC(CN)c2cc(C)ccc2C)c1. The molecule has 0 heterocycles. The van der Waals surface area contributed by atoms with Gasteiger partial charge in [-0.3, -0.25) is 0 Å². The number of benzene rings is 2. The molecule has 22 heavy (non-hydrogen) atoms. The van der Waals surface area contributed by atoms with E-state index >= 15 is 0 Å². The summed E-state index contributed by atoms with van der Waals surface area (Å²) in [5.74, 6) is 1.06. The third kappa shape index (κ3) is 4.25. The summed E-state index contributed by atoms with van der Waals surface area (Å²) in [6, 6.07) is 12.3. The largest absolute Gasteiger partial charge is 0.492 e. The van der Waals surface area contributed by atoms with Crippen LogP contribution in [0.5, 0.6) is 5.75 Å². The molecule has 0 aliphatic carbocycles. The van der Waals surface area contributed by atoms with Crippen LogP contribution in [0.4, 0.5) is 0 Å². The van der Waals surface area contributed by atoms with E-state index in [1.54, 1.807) is 0 Å². The number of ether oxygens (including phenoxy) is 1. The van der Waals surface area contributed by atoms with Gasteiger partial charge in [0.05, 0.1) is 11.6 Å². The Morgan fingerprint density at radius 3 is 2.45 bits per heavy atom. The van der Waals surface area contributed by atoms with Gasteiger partial charge in [0.1, 0.15) is 5.75 Å². The Labute approximate surface area is 138 Å². The quantitative estimate of drug-likeness (QED) is 0.832. The number of aryl methyl sites for hydroxylation is 3. The zero-order chi connectivity index (χ0) is 16.1. The van der Waals surface area contributed by atoms with Gasteiger partial charge in [-0.05, 0) is 68.5 Å². The summed E-state index contributed by atoms with van der Waals surface area (Å²) in [6.45, 7) is 7.50. The molecule has 2 aromatic carbocycles. The molecule has 2 rings (SSSR count). The Balaban J connectivity index is 2.02. The third-order valence-electron chi connectivity index (χ3n) is 3.97. The van der Waals surface area contributed by atoms with E-state index in [9.17, 15) is 0 Å². The van der Waals surface area contributed by atoms with Gasteiger partial charge in [0.2, 0.25) is 0 Å². The summed E-state index contributed by atoms with van der Waals surface area (Å²) in [4.78, 5) is 0. The predicted octanol–water partition coefficient (Wildman–Crippen LogP) is 4.78. The fraction of sp³-hybridized carbons (Fsp3) is 0.368. The molecule has 1 unspecified atom stereocenters. The minimum absolute atomic E-state index is 0.309. The molecule has 0 saturated carbocycles. The number of halogens is 1. The summed E-state index contributed by atoms with van der Waals surface area (Å²) in [5, 5.41) is 0.654. The first-order chi connectivity index (χ1) is 10.5. The highest BCUT2D eigenvalue weighted by Crippen LogP contribution is 2.27. The van der Waals surface area contributed by atoms with Crippen LogP contribution in [0, 0.1) is 20.8 Å². The monoisotopic (exact) mass is 317 g/mol. The number of hydrogen-bond acceptors (Lipinski definition) is 2. The maximum absolute atomic E-state index is 6.16. The van der Waals surface area contributed by atoms with Crippen molar-refractivity contribution in [2.24, 2.45) is 5.73 Å². The van der Waals surface area contributed by atoms with E-state index in [4.69, 9.17) is 22.1 Å². The molecule has 3 heteroatoms. The fourth-order valence-electron chi connectivity index (χ4n) is 2.63. The summed E-state index contributed by atoms with van der Waals surface area (Å²) >= 11 is 6.16. The lowest BCUT2D eigenvalue weighted by molar-refractivity contribution is 0.298. The lowest BCUT2D eigenvalue weighted by Crippen LogP contribution is -2.17. The lowest BCUT2D eigenvalue weighted by atomic mass is 9.91. The summed E-state index contributed by atoms with van der Waals surface area (Å²) in [6.07, 6.45) is 0.880. The molecule has 0 aliphatic rings. The van der Waals surface area contributed by atoms with Crippen LogP contribution in [0.25, 0.3) is 0 Å². The lowest BCUT2D eigenvalue weighted by Gasteiger charge is -2.19. The van der Waals surface area contributed by atoms with Crippen LogP contribution in [-0.2, 0) is 0 Å². The Hall–Kier alpha value is -1.51. The van der Waals surface area contributed by atoms with Crippen LogP contribution in [0.15, 0.2) is 36.4 Å². The van der Waals surface area contributed by atoms with Crippen molar-refractivity contribution in [3.63, 3.8) is 0 Å². The van der Waals surface area contributed by atoms with Crippen LogP contribution in [0.2, 0.25) is 5.02 Å². The molecule has 0 bridgehead atoms. The van der Waals surface area contributed by atoms with Crippen molar-refractivity contribution in [3.8, 4) is 5.75 Å². The molecule has 1 atom stereocenters. The highest BCUT2D eigenvalue weighted by Gasteiger charge is 2.13. The normalized spacial score (nSPS) is 12.2. The van der Waals surface area contributed by atoms with Gasteiger partial charge < -0.3 is 10.5 Å². The van der Waals surface area contributed by atoms with E-state index in [2.05, 4.69) is 32.0 Å². The van der Waals surface area contributed by atoms with Crippen molar-refractivity contribution < 1.29 is 4.74 Å². The highest BCUT2D eigenvalue weighted by atomic mass is 35.5. The maximum atomic E-state index is 6.16. The zero-order valence-corrected chi connectivity index (χ0v) is 14.3. The second-order valence-electron chi connectivity index (χ2n) is 5.86. The molecule has 0 aliphatic heterocycles. The molecule has 0 amide bonds. The molecule has 0 spiro atoms. The van der Waals surface area contributed by atoms with Crippen molar-refractivity contribution in [2.75, 3.05) is 13.2 Å². The average Bonchev–Trinajstić information content (AvgIpc) is 2.50. The Kier molecular flexibility index (Phi) is 5.87. The van der Waals surface area contributed by atoms with Gasteiger partial charge in [-0.25, -0.2) is 0 Å². The van der Waals surface area contributed by atoms with Gasteiger partial charge in [-0.1, -0.05) is 41.4 Å². The van der Waals surface area contributed by atoms with Crippen LogP contribution >= 0.6 is 11.6 Å². The van der Waals surface area contributed by atoms with Crippen LogP contribution in [0.1, 0.15) is 34.6 Å². The third-order valence-corrected chi connectivity index (χ3v) is 4.28. The van der Waals surface area contributed by atoms with E-state index in [-0.39, 0.29) is 0 Å². The molecule has 0 aromatic heterocycles. The molecular formula is C19H24ClNO. The average molecular weight is 318 g/mol. The van der Waals surface area contributed by atoms with Gasteiger partial charge in [0, 0.05) is 0 Å². The Morgan fingerprint density at radius 2 is 1.73 bits per heavy atom. The molecule has 118 valence electrons. The van der Waals surface area contributed by atoms with Crippen LogP contribution in [0.3, 0.4) is 0 Å². The van der Waals surface area contributed by atoms with Gasteiger partial charge in [0.25, 0.3) is 0 Å². The Morgan fingerprint density at radius 1 is 1.05 bits per heavy atom. The van der Waals surface area contributed by atoms with Crippen molar-refractivity contribution in [3.05, 3.63) is 63.7 Å². The predicted molar refractivity (Wildman–Crippen MR) is 94.0 cm³/mol. The van der Waals surface area contributed by atoms with Gasteiger partial charge in [0.15, 0.2) is 0 Å². The molecule has 0 radical (unpaired) electrons. The molecule has 2 N–H and O–H groups in total. The minimum Gasteiger partial charge on any atom is -0.492 e. The molecule has 2 aromatic rings. The highest BCUT2D eigenvalue weighted by molar-refractivity contribution is 6.32. The number of nitrogens with two attached hydrogens (primary N) is 1. The first-order valence-electron chi connectivity index (χ1n) is 7.67. The topological polar surface area (TPSA) is 35.2 Å². The van der Waals surface area contributed by atoms with Gasteiger partial charge >= 0.3 is 0 Å². The van der Waals surface area contributed by atoms with Crippen molar-refractivity contribution in [2.45, 2.75) is 33.1 Å². The maximum Gasteiger partial charge on any atom is 0.138 e. The van der Waals surface area contributed by atoms with E-state index in [0.717, 1.165) is 17.7 Å². The fourth-order valence-corrected chi connectivity index (χ4v) is 2.80. The van der Waals surface area contributed by atoms with E-state index in [1.807, 2.05) is 25.1 Å². The number of hydrogen-bond donors (Lipinski definition) is 1. The summed E-state index contributed by atoms with van der Waals surface area (Å²) in [5.41, 5.74) is 11.0. The van der Waals surface area contributed by atoms with E-state index in [1.165, 1.54) is 16.7 Å². The molecular weight excluding hydrogens is 294 g/mol. The van der Waals surface area contributed by atoms with Crippen molar-refractivity contribution in [1.29, 1.82) is 0 Å². The van der Waals surface area contributed by atoms with Crippen molar-refractivity contribution in [1.82, 2.24) is 0 Å². The second kappa shape index (κ2) is 7.66. The molecule has 2 nitrogen and oxygen atoms in total. The summed E-state index contributed by atoms with van der Waals surface area (Å²) < 4.78 is 5.85. The van der Waals surface area contributed by atoms with E-state index < -0.39 is 0 Å². The van der Waals surface area contributed by atoms with Crippen molar-refractivity contribution >= 4 is 11.6 Å². The minimum atomic E-state index is 0.309. The zero-order valence-electron chi connectivity index (χ0n) is 13.5. The summed E-state index contributed by atoms with van der Waals surface area (Å²) in [7, 11) is 0. The standard InChI is InChI=1S/C19H24ClNO/c1-13-4-6-15(3)17(10-13)16(12-21)8-9-22-19-11-14(2)5-7-18(19)20/h4-7,10-11,16H,8-9,12,21H2,1-3H3. The molecule has 0 fully saturated rings. The van der Waals surface area contributed by atoms with Crippen LogP contribution in [-0.4, -0.2) is 13.2 Å². The second-order valence-corrected chi connectivity index (χ2v) is 6.27. The Bertz CT molecular complexity index is 639. The first-order valence-corrected chi connectivity index (χ1v) is 8.05. The smallest absolute Gasteiger partial charge is 0.138 e. The van der Waals surface area contributed by atoms with Gasteiger partial charge in [-0.15, -0.1) is 0 Å². The molecule has 0 saturated heterocycles. The first kappa shape index (κ1) is 16.9. The number of rotatable bonds is 6. The van der Waals surface area contributed by atoms with Crippen LogP contribution < -0.4 is 10.5 Å². The van der Waals surface area contributed by atoms with Gasteiger partial charge in [-0.2, -0.15) is 0 Å².